The van der Waals surface area contributed by atoms with Crippen molar-refractivity contribution in [1.29, 1.82) is 0 Å². The summed E-state index contributed by atoms with van der Waals surface area (Å²) in [5.41, 5.74) is 0. The third-order valence-electron chi connectivity index (χ3n) is 1.44. The Morgan fingerprint density at radius 3 is 2.29 bits per heavy atom. The van der Waals surface area contributed by atoms with Gasteiger partial charge in [0.15, 0.2) is 0 Å². The minimum atomic E-state index is 0. The van der Waals surface area contributed by atoms with Crippen LogP contribution in [0.2, 0.25) is 0 Å². The third kappa shape index (κ3) is 14.5. The Kier molecular flexibility index (Phi) is 18.1. The Labute approximate surface area is 98.6 Å². The van der Waals surface area contributed by atoms with E-state index in [9.17, 15) is 4.79 Å². The van der Waals surface area contributed by atoms with Crippen molar-refractivity contribution in [2.24, 2.45) is 0 Å². The molecule has 2 N–H and O–H groups in total. The summed E-state index contributed by atoms with van der Waals surface area (Å²) < 4.78 is 0. The van der Waals surface area contributed by atoms with Crippen molar-refractivity contribution in [3.8, 4) is 0 Å². The van der Waals surface area contributed by atoms with E-state index in [0.29, 0.717) is 6.54 Å². The number of carbonyl (C=O) groups is 1. The summed E-state index contributed by atoms with van der Waals surface area (Å²) in [5, 5.41) is 5.61. The first-order valence-electron chi connectivity index (χ1n) is 4.23. The summed E-state index contributed by atoms with van der Waals surface area (Å²) in [7, 11) is 5.81. The van der Waals surface area contributed by atoms with E-state index in [4.69, 9.17) is 0 Å². The number of halogens is 2. The van der Waals surface area contributed by atoms with Gasteiger partial charge in [0.1, 0.15) is 0 Å². The van der Waals surface area contributed by atoms with Crippen LogP contribution in [-0.2, 0) is 4.79 Å². The summed E-state index contributed by atoms with van der Waals surface area (Å²) in [6.07, 6.45) is 1.00. The predicted molar refractivity (Wildman–Crippen MR) is 64.6 cm³/mol. The molecule has 0 saturated heterocycles. The van der Waals surface area contributed by atoms with Crippen LogP contribution in [0, 0.1) is 0 Å². The molecule has 0 bridgehead atoms. The fourth-order valence-corrected chi connectivity index (χ4v) is 0.846. The van der Waals surface area contributed by atoms with E-state index in [1.807, 2.05) is 14.1 Å². The fourth-order valence-electron chi connectivity index (χ4n) is 0.846. The first kappa shape index (κ1) is 19.5. The number of hydrogen-bond acceptors (Lipinski definition) is 3. The van der Waals surface area contributed by atoms with Crippen LogP contribution in [0.3, 0.4) is 0 Å². The zero-order chi connectivity index (χ0) is 9.40. The number of nitrogens with one attached hydrogen (secondary N) is 2. The third-order valence-corrected chi connectivity index (χ3v) is 1.44. The van der Waals surface area contributed by atoms with Crippen LogP contribution in [0.1, 0.15) is 6.42 Å². The average Bonchev–Trinajstić information content (AvgIpc) is 1.98. The van der Waals surface area contributed by atoms with E-state index in [2.05, 4.69) is 15.5 Å². The topological polar surface area (TPSA) is 44.4 Å². The molecular weight excluding hydrogens is 225 g/mol. The molecule has 0 aliphatic heterocycles. The van der Waals surface area contributed by atoms with Crippen molar-refractivity contribution in [3.05, 3.63) is 0 Å². The summed E-state index contributed by atoms with van der Waals surface area (Å²) in [6, 6.07) is 0. The molecule has 0 aromatic heterocycles. The number of hydrogen-bond donors (Lipinski definition) is 2. The van der Waals surface area contributed by atoms with Gasteiger partial charge in [-0.1, -0.05) is 0 Å². The normalized spacial score (nSPS) is 8.86. The summed E-state index contributed by atoms with van der Waals surface area (Å²) >= 11 is 0. The number of nitrogens with zero attached hydrogens (tertiary/aromatic N) is 1. The highest BCUT2D eigenvalue weighted by Gasteiger charge is 1.96. The summed E-state index contributed by atoms with van der Waals surface area (Å²) in [4.78, 5) is 13.0. The molecule has 0 aromatic rings. The van der Waals surface area contributed by atoms with Gasteiger partial charge in [-0.15, -0.1) is 24.8 Å². The number of rotatable bonds is 6. The highest BCUT2D eigenvalue weighted by Crippen LogP contribution is 1.80. The minimum absolute atomic E-state index is 0. The second-order valence-electron chi connectivity index (χ2n) is 3.04. The monoisotopic (exact) mass is 245 g/mol. The van der Waals surface area contributed by atoms with E-state index >= 15 is 0 Å². The average molecular weight is 246 g/mol. The first-order valence-corrected chi connectivity index (χ1v) is 4.23. The zero-order valence-electron chi connectivity index (χ0n) is 9.00. The van der Waals surface area contributed by atoms with Crippen LogP contribution in [-0.4, -0.2) is 51.6 Å². The standard InChI is InChI=1S/C8H19N3O.2ClH/c1-9-7-8(12)10-5-4-6-11(2)3;;/h9H,4-7H2,1-3H3,(H,10,12);2*1H. The van der Waals surface area contributed by atoms with Crippen molar-refractivity contribution < 1.29 is 4.79 Å². The van der Waals surface area contributed by atoms with E-state index in [1.54, 1.807) is 7.05 Å². The van der Waals surface area contributed by atoms with Gasteiger partial charge in [0, 0.05) is 6.54 Å². The van der Waals surface area contributed by atoms with Crippen molar-refractivity contribution in [2.45, 2.75) is 6.42 Å². The number of carbonyl (C=O) groups excluding carboxylic acids is 1. The molecular formula is C8H21Cl2N3O. The maximum Gasteiger partial charge on any atom is 0.233 e. The lowest BCUT2D eigenvalue weighted by Gasteiger charge is -2.09. The molecule has 6 heteroatoms. The molecule has 0 aliphatic rings. The van der Waals surface area contributed by atoms with Gasteiger partial charge in [0.2, 0.25) is 5.91 Å². The molecule has 0 rings (SSSR count). The maximum atomic E-state index is 10.9. The SMILES string of the molecule is CNCC(=O)NCCCN(C)C.Cl.Cl. The Morgan fingerprint density at radius 2 is 1.86 bits per heavy atom. The molecule has 14 heavy (non-hydrogen) atoms. The largest absolute Gasteiger partial charge is 0.355 e. The number of likely N-dealkylation sites (N-methyl/N-ethyl adjacent to an activating group) is 1. The quantitative estimate of drug-likeness (QED) is 0.654. The molecule has 0 spiro atoms. The van der Waals surface area contributed by atoms with E-state index in [0.717, 1.165) is 19.5 Å². The molecule has 0 aliphatic carbocycles. The zero-order valence-corrected chi connectivity index (χ0v) is 10.6. The van der Waals surface area contributed by atoms with Crippen molar-refractivity contribution in [2.75, 3.05) is 40.8 Å². The lowest BCUT2D eigenvalue weighted by molar-refractivity contribution is -0.120. The predicted octanol–water partition coefficient (Wildman–Crippen LogP) is 0.117. The Balaban J connectivity index is -0.000000605. The van der Waals surface area contributed by atoms with Crippen LogP contribution >= 0.6 is 24.8 Å². The molecule has 0 fully saturated rings. The van der Waals surface area contributed by atoms with Gasteiger partial charge in [-0.3, -0.25) is 4.79 Å². The summed E-state index contributed by atoms with van der Waals surface area (Å²) in [6.45, 7) is 2.18. The van der Waals surface area contributed by atoms with E-state index in [1.165, 1.54) is 0 Å². The van der Waals surface area contributed by atoms with Gasteiger partial charge >= 0.3 is 0 Å². The molecule has 1 amide bonds. The van der Waals surface area contributed by atoms with Gasteiger partial charge < -0.3 is 15.5 Å². The Bertz CT molecular complexity index is 134. The molecule has 0 saturated carbocycles. The lowest BCUT2D eigenvalue weighted by atomic mass is 10.4. The van der Waals surface area contributed by atoms with Gasteiger partial charge in [-0.05, 0) is 34.1 Å². The molecule has 4 nitrogen and oxygen atoms in total. The second kappa shape index (κ2) is 13.0. The van der Waals surface area contributed by atoms with Gasteiger partial charge in [-0.2, -0.15) is 0 Å². The summed E-state index contributed by atoms with van der Waals surface area (Å²) in [5.74, 6) is 0.0660. The Morgan fingerprint density at radius 1 is 1.29 bits per heavy atom. The van der Waals surface area contributed by atoms with Crippen molar-refractivity contribution >= 4 is 30.7 Å². The van der Waals surface area contributed by atoms with Crippen LogP contribution < -0.4 is 10.6 Å². The smallest absolute Gasteiger partial charge is 0.233 e. The van der Waals surface area contributed by atoms with Crippen molar-refractivity contribution in [3.63, 3.8) is 0 Å². The molecule has 0 heterocycles. The molecule has 0 unspecified atom stereocenters. The second-order valence-corrected chi connectivity index (χ2v) is 3.04. The minimum Gasteiger partial charge on any atom is -0.355 e. The first-order chi connectivity index (χ1) is 5.66. The fraction of sp³-hybridized carbons (Fsp3) is 0.875. The van der Waals surface area contributed by atoms with Crippen LogP contribution in [0.25, 0.3) is 0 Å². The maximum absolute atomic E-state index is 10.9. The van der Waals surface area contributed by atoms with Gasteiger partial charge in [0.25, 0.3) is 0 Å². The van der Waals surface area contributed by atoms with E-state index in [-0.39, 0.29) is 30.7 Å². The highest BCUT2D eigenvalue weighted by atomic mass is 35.5. The Hall–Kier alpha value is -0.0300. The molecule has 0 radical (unpaired) electrons. The lowest BCUT2D eigenvalue weighted by Crippen LogP contribution is -2.33. The van der Waals surface area contributed by atoms with Gasteiger partial charge in [-0.25, -0.2) is 0 Å². The highest BCUT2D eigenvalue weighted by molar-refractivity contribution is 5.85. The van der Waals surface area contributed by atoms with Crippen molar-refractivity contribution in [1.82, 2.24) is 15.5 Å². The van der Waals surface area contributed by atoms with Crippen LogP contribution in [0.4, 0.5) is 0 Å². The molecule has 0 atom stereocenters. The van der Waals surface area contributed by atoms with E-state index < -0.39 is 0 Å². The van der Waals surface area contributed by atoms with Crippen LogP contribution in [0.5, 0.6) is 0 Å². The number of amides is 1. The van der Waals surface area contributed by atoms with Crippen LogP contribution in [0.15, 0.2) is 0 Å². The molecule has 88 valence electrons. The van der Waals surface area contributed by atoms with Gasteiger partial charge in [0.05, 0.1) is 6.54 Å². The molecule has 0 aromatic carbocycles.